The number of nitriles is 1. The summed E-state index contributed by atoms with van der Waals surface area (Å²) in [5, 5.41) is 26.5. The molecule has 32 heavy (non-hydrogen) atoms. The highest BCUT2D eigenvalue weighted by molar-refractivity contribution is 7.89. The first kappa shape index (κ1) is 21.5. The monoisotopic (exact) mass is 451 g/mol. The number of hydrogen-bond donors (Lipinski definition) is 2. The van der Waals surface area contributed by atoms with Crippen molar-refractivity contribution in [3.8, 4) is 6.07 Å². The highest BCUT2D eigenvalue weighted by Crippen LogP contribution is 2.47. The molecule has 9 nitrogen and oxygen atoms in total. The lowest BCUT2D eigenvalue weighted by Gasteiger charge is -2.40. The van der Waals surface area contributed by atoms with Gasteiger partial charge in [-0.2, -0.15) is 5.26 Å². The van der Waals surface area contributed by atoms with Gasteiger partial charge in [0.1, 0.15) is 5.82 Å². The molecule has 10 heteroatoms. The molecule has 1 heterocycles. The standard InChI is InChI=1S/C22H21N5O4S/c23-13-19-21(14-4-3-5-16(12-14)27(28)29)18-6-1-2-7-20(18)26(22(19)24)15-8-10-17(11-9-15)32(25,30)31/h3-5,8-12,21H,1-2,6-7,24H2,(H2,25,30,31). The van der Waals surface area contributed by atoms with Gasteiger partial charge < -0.3 is 10.6 Å². The van der Waals surface area contributed by atoms with Gasteiger partial charge in [-0.3, -0.25) is 10.1 Å². The molecule has 2 aromatic rings. The summed E-state index contributed by atoms with van der Waals surface area (Å²) in [6.45, 7) is 0. The number of benzene rings is 2. The van der Waals surface area contributed by atoms with Gasteiger partial charge in [-0.15, -0.1) is 0 Å². The van der Waals surface area contributed by atoms with Gasteiger partial charge in [-0.25, -0.2) is 13.6 Å². The third-order valence-corrected chi connectivity index (χ3v) is 6.79. The first-order valence-electron chi connectivity index (χ1n) is 10.0. The Morgan fingerprint density at radius 3 is 2.44 bits per heavy atom. The number of hydrogen-bond acceptors (Lipinski definition) is 7. The Morgan fingerprint density at radius 1 is 1.12 bits per heavy atom. The molecule has 4 N–H and O–H groups in total. The van der Waals surface area contributed by atoms with Crippen LogP contribution in [-0.2, 0) is 10.0 Å². The minimum atomic E-state index is -3.84. The molecule has 0 spiro atoms. The fraction of sp³-hybridized carbons (Fsp3) is 0.227. The number of rotatable bonds is 4. The van der Waals surface area contributed by atoms with Crippen molar-refractivity contribution < 1.29 is 13.3 Å². The number of nitrogens with zero attached hydrogens (tertiary/aromatic N) is 3. The highest BCUT2D eigenvalue weighted by atomic mass is 32.2. The molecule has 1 aliphatic carbocycles. The molecule has 164 valence electrons. The van der Waals surface area contributed by atoms with E-state index in [1.165, 1.54) is 24.3 Å². The first-order chi connectivity index (χ1) is 15.2. The van der Waals surface area contributed by atoms with Crippen molar-refractivity contribution >= 4 is 21.4 Å². The van der Waals surface area contributed by atoms with Crippen LogP contribution in [0.2, 0.25) is 0 Å². The summed E-state index contributed by atoms with van der Waals surface area (Å²) in [5.41, 5.74) is 9.96. The predicted octanol–water partition coefficient (Wildman–Crippen LogP) is 3.37. The molecule has 0 amide bonds. The van der Waals surface area contributed by atoms with Gasteiger partial charge in [0, 0.05) is 29.4 Å². The van der Waals surface area contributed by atoms with Crippen LogP contribution < -0.4 is 15.8 Å². The highest BCUT2D eigenvalue weighted by Gasteiger charge is 2.37. The van der Waals surface area contributed by atoms with E-state index in [1.807, 2.05) is 0 Å². The smallest absolute Gasteiger partial charge is 0.269 e. The zero-order chi connectivity index (χ0) is 23.0. The predicted molar refractivity (Wildman–Crippen MR) is 118 cm³/mol. The van der Waals surface area contributed by atoms with E-state index in [0.29, 0.717) is 16.8 Å². The Bertz CT molecular complexity index is 1310. The fourth-order valence-electron chi connectivity index (χ4n) is 4.45. The van der Waals surface area contributed by atoms with E-state index in [9.17, 15) is 23.8 Å². The van der Waals surface area contributed by atoms with Crippen LogP contribution in [-0.4, -0.2) is 13.3 Å². The Kier molecular flexibility index (Phi) is 5.46. The van der Waals surface area contributed by atoms with Gasteiger partial charge >= 0.3 is 0 Å². The molecule has 4 rings (SSSR count). The van der Waals surface area contributed by atoms with Crippen LogP contribution in [0.1, 0.15) is 37.2 Å². The number of sulfonamides is 1. The molecule has 2 aliphatic rings. The maximum Gasteiger partial charge on any atom is 0.269 e. The van der Waals surface area contributed by atoms with E-state index in [4.69, 9.17) is 10.9 Å². The van der Waals surface area contributed by atoms with Crippen LogP contribution in [0.15, 0.2) is 76.1 Å². The number of anilines is 1. The Balaban J connectivity index is 1.88. The molecule has 1 unspecified atom stereocenters. The molecule has 2 aromatic carbocycles. The lowest BCUT2D eigenvalue weighted by molar-refractivity contribution is -0.384. The van der Waals surface area contributed by atoms with Crippen molar-refractivity contribution in [1.29, 1.82) is 5.26 Å². The lowest BCUT2D eigenvalue weighted by atomic mass is 9.76. The van der Waals surface area contributed by atoms with Crippen molar-refractivity contribution in [2.45, 2.75) is 36.5 Å². The van der Waals surface area contributed by atoms with Gasteiger partial charge in [0.2, 0.25) is 10.0 Å². The molecule has 0 bridgehead atoms. The molecule has 1 aliphatic heterocycles. The molecule has 0 saturated heterocycles. The van der Waals surface area contributed by atoms with Crippen LogP contribution in [0.5, 0.6) is 0 Å². The van der Waals surface area contributed by atoms with Crippen molar-refractivity contribution in [2.75, 3.05) is 4.90 Å². The van der Waals surface area contributed by atoms with Crippen molar-refractivity contribution in [2.24, 2.45) is 10.9 Å². The molecular formula is C22H21N5O4S. The number of nitrogens with two attached hydrogens (primary N) is 2. The second kappa shape index (κ2) is 8.11. The molecule has 1 atom stereocenters. The second-order valence-electron chi connectivity index (χ2n) is 7.75. The van der Waals surface area contributed by atoms with Gasteiger partial charge in [-0.1, -0.05) is 12.1 Å². The second-order valence-corrected chi connectivity index (χ2v) is 9.31. The fourth-order valence-corrected chi connectivity index (χ4v) is 4.97. The zero-order valence-electron chi connectivity index (χ0n) is 17.1. The average Bonchev–Trinajstić information content (AvgIpc) is 2.78. The summed E-state index contributed by atoms with van der Waals surface area (Å²) in [7, 11) is -3.84. The Hall–Kier alpha value is -3.68. The van der Waals surface area contributed by atoms with Crippen molar-refractivity contribution in [3.63, 3.8) is 0 Å². The van der Waals surface area contributed by atoms with Crippen LogP contribution in [0.4, 0.5) is 11.4 Å². The Morgan fingerprint density at radius 2 is 1.81 bits per heavy atom. The van der Waals surface area contributed by atoms with E-state index < -0.39 is 20.9 Å². The maximum atomic E-state index is 11.6. The average molecular weight is 452 g/mol. The summed E-state index contributed by atoms with van der Waals surface area (Å²) in [6, 6.07) is 14.5. The van der Waals surface area contributed by atoms with E-state index in [-0.39, 0.29) is 16.4 Å². The topological polar surface area (TPSA) is 156 Å². The summed E-state index contributed by atoms with van der Waals surface area (Å²) >= 11 is 0. The first-order valence-corrected chi connectivity index (χ1v) is 11.6. The number of non-ortho nitro benzene ring substituents is 1. The molecule has 0 fully saturated rings. The number of allylic oxidation sites excluding steroid dienone is 3. The summed E-state index contributed by atoms with van der Waals surface area (Å²) in [6.07, 6.45) is 3.31. The van der Waals surface area contributed by atoms with E-state index in [2.05, 4.69) is 6.07 Å². The van der Waals surface area contributed by atoms with Gasteiger partial charge in [0.25, 0.3) is 5.69 Å². The Labute approximate surface area is 185 Å². The summed E-state index contributed by atoms with van der Waals surface area (Å²) < 4.78 is 23.2. The normalized spacial score (nSPS) is 18.9. The van der Waals surface area contributed by atoms with Crippen molar-refractivity contribution in [1.82, 2.24) is 0 Å². The van der Waals surface area contributed by atoms with Crippen LogP contribution in [0, 0.1) is 21.4 Å². The molecule has 0 aromatic heterocycles. The van der Waals surface area contributed by atoms with Gasteiger partial charge in [0.05, 0.1) is 21.5 Å². The van der Waals surface area contributed by atoms with Gasteiger partial charge in [-0.05, 0) is 61.1 Å². The zero-order valence-corrected chi connectivity index (χ0v) is 17.9. The minimum Gasteiger partial charge on any atom is -0.384 e. The SMILES string of the molecule is N#CC1=C(N)N(c2ccc(S(N)(=O)=O)cc2)C2=C(CCCC2)C1c1cccc([N+](=O)[O-])c1. The molecule has 0 radical (unpaired) electrons. The van der Waals surface area contributed by atoms with Crippen LogP contribution in [0.25, 0.3) is 0 Å². The summed E-state index contributed by atoms with van der Waals surface area (Å²) in [4.78, 5) is 12.6. The lowest BCUT2D eigenvalue weighted by Crippen LogP contribution is -2.36. The van der Waals surface area contributed by atoms with Crippen molar-refractivity contribution in [3.05, 3.63) is 86.9 Å². The number of nitro benzene ring substituents is 1. The van der Waals surface area contributed by atoms with Crippen LogP contribution >= 0.6 is 0 Å². The summed E-state index contributed by atoms with van der Waals surface area (Å²) in [5.74, 6) is -0.233. The third-order valence-electron chi connectivity index (χ3n) is 5.86. The van der Waals surface area contributed by atoms with Crippen LogP contribution in [0.3, 0.4) is 0 Å². The van der Waals surface area contributed by atoms with E-state index in [0.717, 1.165) is 37.0 Å². The number of primary sulfonamides is 1. The van der Waals surface area contributed by atoms with E-state index >= 15 is 0 Å². The number of nitro groups is 1. The molecular weight excluding hydrogens is 430 g/mol. The maximum absolute atomic E-state index is 11.6. The minimum absolute atomic E-state index is 0.0198. The van der Waals surface area contributed by atoms with Gasteiger partial charge in [0.15, 0.2) is 0 Å². The third kappa shape index (κ3) is 3.72. The van der Waals surface area contributed by atoms with E-state index in [1.54, 1.807) is 29.2 Å². The largest absolute Gasteiger partial charge is 0.384 e. The molecule has 0 saturated carbocycles. The quantitative estimate of drug-likeness (QED) is 0.533.